The fourth-order valence-corrected chi connectivity index (χ4v) is 1.85. The Kier molecular flexibility index (Phi) is 5.33. The van der Waals surface area contributed by atoms with Gasteiger partial charge in [0.1, 0.15) is 5.78 Å². The normalized spacial score (nSPS) is 10.1. The molecule has 76 valence electrons. The van der Waals surface area contributed by atoms with Crippen molar-refractivity contribution in [2.24, 2.45) is 0 Å². The Morgan fingerprint density at radius 2 is 2.00 bits per heavy atom. The lowest BCUT2D eigenvalue weighted by Crippen LogP contribution is -2.02. The zero-order chi connectivity index (χ0) is 10.2. The molecule has 0 aromatic heterocycles. The molecule has 0 aliphatic carbocycles. The van der Waals surface area contributed by atoms with Crippen LogP contribution in [0, 0.1) is 0 Å². The van der Waals surface area contributed by atoms with Gasteiger partial charge in [0.25, 0.3) is 0 Å². The van der Waals surface area contributed by atoms with Crippen molar-refractivity contribution >= 4 is 17.5 Å². The highest BCUT2D eigenvalue weighted by Crippen LogP contribution is 2.17. The smallest absolute Gasteiger partial charge is 0.143 e. The van der Waals surface area contributed by atoms with Gasteiger partial charge in [-0.05, 0) is 18.6 Å². The summed E-state index contributed by atoms with van der Waals surface area (Å²) in [4.78, 5) is 12.4. The monoisotopic (exact) mass is 210 g/mol. The molecule has 0 saturated carbocycles. The minimum Gasteiger partial charge on any atom is -0.396 e. The summed E-state index contributed by atoms with van der Waals surface area (Å²) in [6, 6.07) is 9.85. The van der Waals surface area contributed by atoms with Crippen molar-refractivity contribution in [3.05, 3.63) is 30.3 Å². The second-order valence-electron chi connectivity index (χ2n) is 2.97. The SMILES string of the molecule is O=C(CCCO)CSc1ccccc1. The molecule has 0 spiro atoms. The van der Waals surface area contributed by atoms with Crippen LogP contribution in [0.5, 0.6) is 0 Å². The van der Waals surface area contributed by atoms with Crippen molar-refractivity contribution in [1.29, 1.82) is 0 Å². The first-order valence-electron chi connectivity index (χ1n) is 4.63. The van der Waals surface area contributed by atoms with Gasteiger partial charge in [0.2, 0.25) is 0 Å². The van der Waals surface area contributed by atoms with Gasteiger partial charge in [-0.15, -0.1) is 11.8 Å². The number of benzene rings is 1. The number of Topliss-reactive ketones (excluding diaryl/α,β-unsaturated/α-hetero) is 1. The van der Waals surface area contributed by atoms with Gasteiger partial charge in [-0.1, -0.05) is 18.2 Å². The minimum absolute atomic E-state index is 0.0990. The van der Waals surface area contributed by atoms with Gasteiger partial charge in [-0.25, -0.2) is 0 Å². The lowest BCUT2D eigenvalue weighted by molar-refractivity contribution is -0.116. The first kappa shape index (κ1) is 11.3. The second-order valence-corrected chi connectivity index (χ2v) is 4.02. The summed E-state index contributed by atoms with van der Waals surface area (Å²) in [7, 11) is 0. The topological polar surface area (TPSA) is 37.3 Å². The predicted octanol–water partition coefficient (Wildman–Crippen LogP) is 2.12. The second kappa shape index (κ2) is 6.62. The summed E-state index contributed by atoms with van der Waals surface area (Å²) >= 11 is 1.55. The summed E-state index contributed by atoms with van der Waals surface area (Å²) < 4.78 is 0. The molecular weight excluding hydrogens is 196 g/mol. The minimum atomic E-state index is 0.0990. The Balaban J connectivity index is 2.24. The molecular formula is C11H14O2S. The Morgan fingerprint density at radius 3 is 2.64 bits per heavy atom. The summed E-state index contributed by atoms with van der Waals surface area (Å²) in [5, 5.41) is 8.54. The third kappa shape index (κ3) is 4.44. The summed E-state index contributed by atoms with van der Waals surface area (Å²) in [5.74, 6) is 0.706. The van der Waals surface area contributed by atoms with Gasteiger partial charge in [-0.2, -0.15) is 0 Å². The molecule has 1 rings (SSSR count). The Labute approximate surface area is 88.3 Å². The Hall–Kier alpha value is -0.800. The van der Waals surface area contributed by atoms with Crippen molar-refractivity contribution in [3.8, 4) is 0 Å². The van der Waals surface area contributed by atoms with Crippen LogP contribution in [-0.4, -0.2) is 23.2 Å². The van der Waals surface area contributed by atoms with E-state index in [0.717, 1.165) is 4.90 Å². The molecule has 1 aromatic rings. The number of thioether (sulfide) groups is 1. The van der Waals surface area contributed by atoms with Crippen LogP contribution in [0.25, 0.3) is 0 Å². The maximum atomic E-state index is 11.2. The number of aliphatic hydroxyl groups is 1. The molecule has 1 N–H and O–H groups in total. The number of hydrogen-bond acceptors (Lipinski definition) is 3. The van der Waals surface area contributed by atoms with Crippen molar-refractivity contribution in [2.75, 3.05) is 12.4 Å². The maximum absolute atomic E-state index is 11.2. The van der Waals surface area contributed by atoms with E-state index >= 15 is 0 Å². The van der Waals surface area contributed by atoms with Crippen LogP contribution in [0.1, 0.15) is 12.8 Å². The number of hydrogen-bond donors (Lipinski definition) is 1. The van der Waals surface area contributed by atoms with Gasteiger partial charge in [0, 0.05) is 17.9 Å². The lowest BCUT2D eigenvalue weighted by Gasteiger charge is -1.99. The quantitative estimate of drug-likeness (QED) is 0.731. The highest BCUT2D eigenvalue weighted by Gasteiger charge is 2.01. The summed E-state index contributed by atoms with van der Waals surface area (Å²) in [6.07, 6.45) is 1.06. The number of rotatable bonds is 6. The molecule has 0 fully saturated rings. The van der Waals surface area contributed by atoms with E-state index in [1.54, 1.807) is 11.8 Å². The third-order valence-corrected chi connectivity index (χ3v) is 2.83. The molecule has 2 nitrogen and oxygen atoms in total. The molecule has 0 amide bonds. The van der Waals surface area contributed by atoms with E-state index in [1.165, 1.54) is 0 Å². The highest BCUT2D eigenvalue weighted by atomic mass is 32.2. The molecule has 0 heterocycles. The zero-order valence-corrected chi connectivity index (χ0v) is 8.80. The maximum Gasteiger partial charge on any atom is 0.143 e. The first-order chi connectivity index (χ1) is 6.83. The molecule has 3 heteroatoms. The summed E-state index contributed by atoms with van der Waals surface area (Å²) in [5.41, 5.74) is 0. The van der Waals surface area contributed by atoms with E-state index in [0.29, 0.717) is 18.6 Å². The van der Waals surface area contributed by atoms with Crippen LogP contribution >= 0.6 is 11.8 Å². The molecule has 0 aliphatic rings. The molecule has 0 saturated heterocycles. The van der Waals surface area contributed by atoms with E-state index in [1.807, 2.05) is 30.3 Å². The van der Waals surface area contributed by atoms with Gasteiger partial charge < -0.3 is 5.11 Å². The average molecular weight is 210 g/mol. The fraction of sp³-hybridized carbons (Fsp3) is 0.364. The molecule has 0 aliphatic heterocycles. The standard InChI is InChI=1S/C11H14O2S/c12-8-4-5-10(13)9-14-11-6-2-1-3-7-11/h1-3,6-7,12H,4-5,8-9H2. The van der Waals surface area contributed by atoms with E-state index in [2.05, 4.69) is 0 Å². The van der Waals surface area contributed by atoms with Crippen molar-refractivity contribution < 1.29 is 9.90 Å². The van der Waals surface area contributed by atoms with Crippen LogP contribution in [-0.2, 0) is 4.79 Å². The predicted molar refractivity (Wildman–Crippen MR) is 58.5 cm³/mol. The Bertz CT molecular complexity index is 272. The van der Waals surface area contributed by atoms with Crippen LogP contribution in [0.15, 0.2) is 35.2 Å². The van der Waals surface area contributed by atoms with Crippen molar-refractivity contribution in [3.63, 3.8) is 0 Å². The number of carbonyl (C=O) groups is 1. The highest BCUT2D eigenvalue weighted by molar-refractivity contribution is 8.00. The van der Waals surface area contributed by atoms with Crippen molar-refractivity contribution in [1.82, 2.24) is 0 Å². The van der Waals surface area contributed by atoms with Crippen LogP contribution in [0.2, 0.25) is 0 Å². The first-order valence-corrected chi connectivity index (χ1v) is 5.62. The third-order valence-electron chi connectivity index (χ3n) is 1.76. The lowest BCUT2D eigenvalue weighted by atomic mass is 10.2. The number of aliphatic hydroxyl groups excluding tert-OH is 1. The molecule has 14 heavy (non-hydrogen) atoms. The van der Waals surface area contributed by atoms with E-state index < -0.39 is 0 Å². The van der Waals surface area contributed by atoms with Gasteiger partial charge in [-0.3, -0.25) is 4.79 Å². The zero-order valence-electron chi connectivity index (χ0n) is 7.98. The molecule has 0 unspecified atom stereocenters. The molecule has 0 radical (unpaired) electrons. The molecule has 0 atom stereocenters. The van der Waals surface area contributed by atoms with Gasteiger partial charge in [0.15, 0.2) is 0 Å². The number of ketones is 1. The van der Waals surface area contributed by atoms with Crippen LogP contribution < -0.4 is 0 Å². The summed E-state index contributed by atoms with van der Waals surface area (Å²) in [6.45, 7) is 0.0990. The average Bonchev–Trinajstić information content (AvgIpc) is 2.25. The van der Waals surface area contributed by atoms with Gasteiger partial charge in [0.05, 0.1) is 5.75 Å². The van der Waals surface area contributed by atoms with Crippen LogP contribution in [0.3, 0.4) is 0 Å². The van der Waals surface area contributed by atoms with Crippen LogP contribution in [0.4, 0.5) is 0 Å². The van der Waals surface area contributed by atoms with E-state index in [9.17, 15) is 4.79 Å². The van der Waals surface area contributed by atoms with E-state index in [4.69, 9.17) is 5.11 Å². The van der Waals surface area contributed by atoms with E-state index in [-0.39, 0.29) is 12.4 Å². The Morgan fingerprint density at radius 1 is 1.29 bits per heavy atom. The fourth-order valence-electron chi connectivity index (χ4n) is 1.03. The molecule has 0 bridgehead atoms. The molecule has 1 aromatic carbocycles. The van der Waals surface area contributed by atoms with Gasteiger partial charge >= 0.3 is 0 Å². The largest absolute Gasteiger partial charge is 0.396 e. The van der Waals surface area contributed by atoms with Crippen molar-refractivity contribution in [2.45, 2.75) is 17.7 Å². The number of carbonyl (C=O) groups excluding carboxylic acids is 1.